The fourth-order valence-corrected chi connectivity index (χ4v) is 2.98. The normalized spacial score (nSPS) is 11.0. The number of carbonyl (C=O) groups is 2. The van der Waals surface area contributed by atoms with E-state index in [9.17, 15) is 9.59 Å². The Morgan fingerprint density at radius 3 is 2.56 bits per heavy atom. The van der Waals surface area contributed by atoms with Gasteiger partial charge in [-0.3, -0.25) is 14.0 Å². The summed E-state index contributed by atoms with van der Waals surface area (Å²) in [6, 6.07) is 13.1. The SMILES string of the molecule is CCCNC(=O)c1nc(C(=O)Nc2ccccc2C(C)C)n2ccccc12. The minimum Gasteiger partial charge on any atom is -0.351 e. The fourth-order valence-electron chi connectivity index (χ4n) is 2.98. The smallest absolute Gasteiger partial charge is 0.292 e. The van der Waals surface area contributed by atoms with Gasteiger partial charge in [0.25, 0.3) is 11.8 Å². The number of amides is 2. The Bertz CT molecular complexity index is 975. The summed E-state index contributed by atoms with van der Waals surface area (Å²) in [5.74, 6) is -0.166. The van der Waals surface area contributed by atoms with Gasteiger partial charge in [-0.15, -0.1) is 0 Å². The van der Waals surface area contributed by atoms with Gasteiger partial charge in [0.2, 0.25) is 5.82 Å². The molecule has 0 bridgehead atoms. The Morgan fingerprint density at radius 1 is 1.07 bits per heavy atom. The second kappa shape index (κ2) is 8.03. The molecule has 0 aliphatic carbocycles. The number of aromatic nitrogens is 2. The highest BCUT2D eigenvalue weighted by atomic mass is 16.2. The van der Waals surface area contributed by atoms with Gasteiger partial charge in [-0.1, -0.05) is 45.0 Å². The lowest BCUT2D eigenvalue weighted by molar-refractivity contribution is 0.0951. The van der Waals surface area contributed by atoms with Crippen molar-refractivity contribution in [2.45, 2.75) is 33.1 Å². The first kappa shape index (κ1) is 18.6. The van der Waals surface area contributed by atoms with Crippen molar-refractivity contribution in [1.29, 1.82) is 0 Å². The van der Waals surface area contributed by atoms with Crippen LogP contribution in [-0.2, 0) is 0 Å². The molecule has 1 aromatic carbocycles. The molecule has 3 aromatic rings. The van der Waals surface area contributed by atoms with Gasteiger partial charge < -0.3 is 10.6 Å². The molecule has 2 amide bonds. The predicted octanol–water partition coefficient (Wildman–Crippen LogP) is 3.85. The maximum atomic E-state index is 12.9. The average molecular weight is 364 g/mol. The number of nitrogens with zero attached hydrogens (tertiary/aromatic N) is 2. The van der Waals surface area contributed by atoms with Gasteiger partial charge in [-0.05, 0) is 36.1 Å². The van der Waals surface area contributed by atoms with Crippen molar-refractivity contribution in [3.05, 3.63) is 65.7 Å². The number of para-hydroxylation sites is 1. The van der Waals surface area contributed by atoms with E-state index < -0.39 is 0 Å². The van der Waals surface area contributed by atoms with Crippen LogP contribution in [0.3, 0.4) is 0 Å². The molecule has 0 radical (unpaired) electrons. The molecule has 0 aliphatic rings. The lowest BCUT2D eigenvalue weighted by atomic mass is 10.0. The molecule has 0 atom stereocenters. The summed E-state index contributed by atoms with van der Waals surface area (Å²) in [6.07, 6.45) is 2.57. The molecule has 0 aliphatic heterocycles. The van der Waals surface area contributed by atoms with E-state index in [0.29, 0.717) is 12.1 Å². The molecule has 2 aromatic heterocycles. The Balaban J connectivity index is 1.97. The van der Waals surface area contributed by atoms with Crippen molar-refractivity contribution < 1.29 is 9.59 Å². The van der Waals surface area contributed by atoms with Crippen LogP contribution >= 0.6 is 0 Å². The van der Waals surface area contributed by atoms with Crippen LogP contribution < -0.4 is 10.6 Å². The molecule has 0 fully saturated rings. The molecule has 140 valence electrons. The lowest BCUT2D eigenvalue weighted by Gasteiger charge is -2.13. The minimum atomic E-state index is -0.348. The van der Waals surface area contributed by atoms with Gasteiger partial charge in [-0.25, -0.2) is 4.98 Å². The van der Waals surface area contributed by atoms with Gasteiger partial charge in [0.1, 0.15) is 0 Å². The Hall–Kier alpha value is -3.15. The Labute approximate surface area is 158 Å². The highest BCUT2D eigenvalue weighted by Gasteiger charge is 2.22. The molecule has 3 rings (SSSR count). The number of imidazole rings is 1. The maximum Gasteiger partial charge on any atom is 0.292 e. The van der Waals surface area contributed by atoms with Gasteiger partial charge in [0.15, 0.2) is 5.69 Å². The second-order valence-corrected chi connectivity index (χ2v) is 6.69. The molecule has 0 saturated heterocycles. The monoisotopic (exact) mass is 364 g/mol. The number of benzene rings is 1. The first-order valence-corrected chi connectivity index (χ1v) is 9.18. The van der Waals surface area contributed by atoms with E-state index in [1.165, 1.54) is 0 Å². The highest BCUT2D eigenvalue weighted by molar-refractivity contribution is 6.06. The van der Waals surface area contributed by atoms with Gasteiger partial charge in [0.05, 0.1) is 5.52 Å². The van der Waals surface area contributed by atoms with Crippen molar-refractivity contribution in [2.24, 2.45) is 0 Å². The molecule has 0 spiro atoms. The zero-order valence-corrected chi connectivity index (χ0v) is 15.8. The molecule has 0 unspecified atom stereocenters. The molecule has 6 heteroatoms. The summed E-state index contributed by atoms with van der Waals surface area (Å²) in [4.78, 5) is 29.7. The topological polar surface area (TPSA) is 75.5 Å². The molecule has 0 saturated carbocycles. The van der Waals surface area contributed by atoms with Crippen molar-refractivity contribution in [3.8, 4) is 0 Å². The molecule has 2 N–H and O–H groups in total. The van der Waals surface area contributed by atoms with Crippen LogP contribution in [0.15, 0.2) is 48.7 Å². The Kier molecular flexibility index (Phi) is 5.54. The van der Waals surface area contributed by atoms with E-state index in [-0.39, 0.29) is 29.3 Å². The van der Waals surface area contributed by atoms with Gasteiger partial charge >= 0.3 is 0 Å². The van der Waals surface area contributed by atoms with Crippen molar-refractivity contribution in [3.63, 3.8) is 0 Å². The van der Waals surface area contributed by atoms with Crippen molar-refractivity contribution in [1.82, 2.24) is 14.7 Å². The third kappa shape index (κ3) is 3.84. The van der Waals surface area contributed by atoms with Crippen LogP contribution in [0.4, 0.5) is 5.69 Å². The van der Waals surface area contributed by atoms with Crippen molar-refractivity contribution >= 4 is 23.0 Å². The number of anilines is 1. The molecule has 27 heavy (non-hydrogen) atoms. The fraction of sp³-hybridized carbons (Fsp3) is 0.286. The lowest BCUT2D eigenvalue weighted by Crippen LogP contribution is -2.24. The minimum absolute atomic E-state index is 0.186. The van der Waals surface area contributed by atoms with E-state index in [2.05, 4.69) is 29.5 Å². The van der Waals surface area contributed by atoms with Crippen LogP contribution in [0.2, 0.25) is 0 Å². The zero-order chi connectivity index (χ0) is 19.4. The third-order valence-electron chi connectivity index (χ3n) is 4.33. The van der Waals surface area contributed by atoms with E-state index in [4.69, 9.17) is 0 Å². The number of carbonyl (C=O) groups excluding carboxylic acids is 2. The third-order valence-corrected chi connectivity index (χ3v) is 4.33. The van der Waals surface area contributed by atoms with Crippen LogP contribution in [-0.4, -0.2) is 27.7 Å². The molecule has 2 heterocycles. The summed E-state index contributed by atoms with van der Waals surface area (Å²) in [6.45, 7) is 6.70. The standard InChI is InChI=1S/C21H24N4O2/c1-4-12-22-20(26)18-17-11-7-8-13-25(17)19(24-18)21(27)23-16-10-6-5-9-15(16)14(2)3/h5-11,13-14H,4,12H2,1-3H3,(H,22,26)(H,23,27). The van der Waals surface area contributed by atoms with Gasteiger partial charge in [-0.2, -0.15) is 0 Å². The highest BCUT2D eigenvalue weighted by Crippen LogP contribution is 2.24. The maximum absolute atomic E-state index is 12.9. The van der Waals surface area contributed by atoms with E-state index in [1.807, 2.05) is 37.3 Å². The van der Waals surface area contributed by atoms with E-state index in [1.54, 1.807) is 22.7 Å². The largest absolute Gasteiger partial charge is 0.351 e. The number of hydrogen-bond donors (Lipinski definition) is 2. The number of fused-ring (bicyclic) bond motifs is 1. The molecular weight excluding hydrogens is 340 g/mol. The average Bonchev–Trinajstić information content (AvgIpc) is 3.06. The molecular formula is C21H24N4O2. The summed E-state index contributed by atoms with van der Waals surface area (Å²) in [5, 5.41) is 5.76. The summed E-state index contributed by atoms with van der Waals surface area (Å²) < 4.78 is 1.65. The number of nitrogens with one attached hydrogen (secondary N) is 2. The van der Waals surface area contributed by atoms with E-state index >= 15 is 0 Å². The van der Waals surface area contributed by atoms with Crippen LogP contribution in [0.5, 0.6) is 0 Å². The number of rotatable bonds is 6. The van der Waals surface area contributed by atoms with Gasteiger partial charge in [0, 0.05) is 18.4 Å². The second-order valence-electron chi connectivity index (χ2n) is 6.69. The van der Waals surface area contributed by atoms with Crippen LogP contribution in [0.25, 0.3) is 5.52 Å². The summed E-state index contributed by atoms with van der Waals surface area (Å²) in [7, 11) is 0. The first-order valence-electron chi connectivity index (χ1n) is 9.18. The van der Waals surface area contributed by atoms with Crippen LogP contribution in [0, 0.1) is 0 Å². The van der Waals surface area contributed by atoms with Crippen molar-refractivity contribution in [2.75, 3.05) is 11.9 Å². The first-order chi connectivity index (χ1) is 13.0. The summed E-state index contributed by atoms with van der Waals surface area (Å²) in [5.41, 5.74) is 2.66. The number of hydrogen-bond acceptors (Lipinski definition) is 3. The predicted molar refractivity (Wildman–Crippen MR) is 106 cm³/mol. The van der Waals surface area contributed by atoms with Crippen LogP contribution in [0.1, 0.15) is 59.8 Å². The zero-order valence-electron chi connectivity index (χ0n) is 15.8. The quantitative estimate of drug-likeness (QED) is 0.697. The van der Waals surface area contributed by atoms with E-state index in [0.717, 1.165) is 17.7 Å². The Morgan fingerprint density at radius 2 is 1.81 bits per heavy atom. The number of pyridine rings is 1. The molecule has 6 nitrogen and oxygen atoms in total. The summed E-state index contributed by atoms with van der Waals surface area (Å²) >= 11 is 0.